The number of hydrogen-bond acceptors (Lipinski definition) is 2. The highest BCUT2D eigenvalue weighted by Crippen LogP contribution is 2.13. The lowest BCUT2D eigenvalue weighted by Gasteiger charge is -2.02. The van der Waals surface area contributed by atoms with E-state index in [9.17, 15) is 22.8 Å². The van der Waals surface area contributed by atoms with Gasteiger partial charge in [-0.2, -0.15) is 0 Å². The first kappa shape index (κ1) is 11.2. The predicted molar refractivity (Wildman–Crippen MR) is 44.5 cm³/mol. The van der Waals surface area contributed by atoms with E-state index in [1.807, 2.05) is 0 Å². The molecule has 0 aliphatic heterocycles. The summed E-state index contributed by atoms with van der Waals surface area (Å²) >= 11 is 0. The monoisotopic (exact) mass is 217 g/mol. The molecule has 0 fully saturated rings. The molecule has 0 aliphatic rings. The summed E-state index contributed by atoms with van der Waals surface area (Å²) in [5.41, 5.74) is -0.457. The van der Waals surface area contributed by atoms with E-state index in [2.05, 4.69) is 0 Å². The largest absolute Gasteiger partial charge is 0.293 e. The Morgan fingerprint density at radius 3 is 2.00 bits per heavy atom. The lowest BCUT2D eigenvalue weighted by molar-refractivity contribution is -0.118. The van der Waals surface area contributed by atoms with E-state index < -0.39 is 34.8 Å². The maximum atomic E-state index is 12.7. The van der Waals surface area contributed by atoms with Crippen LogP contribution in [-0.4, -0.2) is 11.8 Å². The number of imide groups is 1. The molecule has 0 bridgehead atoms. The Bertz CT molecular complexity index is 408. The highest BCUT2D eigenvalue weighted by atomic mass is 19.2. The zero-order valence-corrected chi connectivity index (χ0v) is 7.61. The van der Waals surface area contributed by atoms with Crippen LogP contribution in [0.2, 0.25) is 0 Å². The summed E-state index contributed by atoms with van der Waals surface area (Å²) in [7, 11) is 0. The second-order valence-electron chi connectivity index (χ2n) is 2.76. The maximum absolute atomic E-state index is 12.7. The van der Waals surface area contributed by atoms with Crippen molar-refractivity contribution in [2.45, 2.75) is 6.92 Å². The van der Waals surface area contributed by atoms with Gasteiger partial charge in [0.1, 0.15) is 0 Å². The zero-order chi connectivity index (χ0) is 11.6. The molecule has 3 nitrogen and oxygen atoms in total. The smallest absolute Gasteiger partial charge is 0.258 e. The second kappa shape index (κ2) is 4.12. The third-order valence-corrected chi connectivity index (χ3v) is 1.54. The molecule has 0 atom stereocenters. The summed E-state index contributed by atoms with van der Waals surface area (Å²) in [4.78, 5) is 21.6. The molecule has 80 valence electrons. The third-order valence-electron chi connectivity index (χ3n) is 1.54. The molecule has 1 aromatic rings. The number of benzene rings is 1. The molecule has 1 N–H and O–H groups in total. The van der Waals surface area contributed by atoms with E-state index in [-0.39, 0.29) is 0 Å². The minimum absolute atomic E-state index is 0.457. The molecule has 0 saturated carbocycles. The SMILES string of the molecule is CC(=O)NC(=O)c1cc(F)c(F)c(F)c1. The molecule has 0 aromatic heterocycles. The summed E-state index contributed by atoms with van der Waals surface area (Å²) in [5, 5.41) is 1.80. The second-order valence-corrected chi connectivity index (χ2v) is 2.76. The van der Waals surface area contributed by atoms with Gasteiger partial charge in [-0.05, 0) is 12.1 Å². The van der Waals surface area contributed by atoms with Crippen LogP contribution in [0.5, 0.6) is 0 Å². The van der Waals surface area contributed by atoms with Crippen molar-refractivity contribution in [2.75, 3.05) is 0 Å². The fourth-order valence-corrected chi connectivity index (χ4v) is 0.919. The van der Waals surface area contributed by atoms with Crippen LogP contribution in [-0.2, 0) is 4.79 Å². The molecule has 0 unspecified atom stereocenters. The van der Waals surface area contributed by atoms with Gasteiger partial charge in [-0.1, -0.05) is 0 Å². The lowest BCUT2D eigenvalue weighted by Crippen LogP contribution is -2.28. The average molecular weight is 217 g/mol. The molecular weight excluding hydrogens is 211 g/mol. The molecule has 0 aliphatic carbocycles. The Hall–Kier alpha value is -1.85. The minimum atomic E-state index is -1.66. The van der Waals surface area contributed by atoms with Crippen molar-refractivity contribution in [2.24, 2.45) is 0 Å². The van der Waals surface area contributed by atoms with Crippen LogP contribution in [0.1, 0.15) is 17.3 Å². The molecule has 0 heterocycles. The molecule has 1 rings (SSSR count). The minimum Gasteiger partial charge on any atom is -0.293 e. The van der Waals surface area contributed by atoms with Crippen molar-refractivity contribution in [3.05, 3.63) is 35.1 Å². The van der Waals surface area contributed by atoms with Gasteiger partial charge in [0.05, 0.1) is 0 Å². The van der Waals surface area contributed by atoms with Crippen LogP contribution >= 0.6 is 0 Å². The van der Waals surface area contributed by atoms with Gasteiger partial charge in [0, 0.05) is 12.5 Å². The van der Waals surface area contributed by atoms with Gasteiger partial charge in [-0.15, -0.1) is 0 Å². The van der Waals surface area contributed by atoms with Crippen molar-refractivity contribution in [3.63, 3.8) is 0 Å². The fraction of sp³-hybridized carbons (Fsp3) is 0.111. The van der Waals surface area contributed by atoms with Crippen molar-refractivity contribution < 1.29 is 22.8 Å². The maximum Gasteiger partial charge on any atom is 0.258 e. The number of halogens is 3. The first-order valence-electron chi connectivity index (χ1n) is 3.88. The Balaban J connectivity index is 3.06. The molecule has 2 amide bonds. The molecule has 0 spiro atoms. The summed E-state index contributed by atoms with van der Waals surface area (Å²) in [6, 6.07) is 1.02. The highest BCUT2D eigenvalue weighted by molar-refractivity contribution is 6.04. The van der Waals surface area contributed by atoms with E-state index in [1.54, 1.807) is 5.32 Å². The standard InChI is InChI=1S/C9H6F3NO2/c1-4(14)13-9(15)5-2-6(10)8(12)7(11)3-5/h2-3H,1H3,(H,13,14,15). The topological polar surface area (TPSA) is 46.2 Å². The number of carbonyl (C=O) groups excluding carboxylic acids is 2. The van der Waals surface area contributed by atoms with E-state index in [4.69, 9.17) is 0 Å². The van der Waals surface area contributed by atoms with Crippen LogP contribution in [0.25, 0.3) is 0 Å². The van der Waals surface area contributed by atoms with Gasteiger partial charge in [0.15, 0.2) is 17.5 Å². The van der Waals surface area contributed by atoms with Gasteiger partial charge < -0.3 is 0 Å². The van der Waals surface area contributed by atoms with E-state index in [1.165, 1.54) is 0 Å². The predicted octanol–water partition coefficient (Wildman–Crippen LogP) is 1.38. The number of amides is 2. The van der Waals surface area contributed by atoms with Crippen molar-refractivity contribution >= 4 is 11.8 Å². The Labute approximate surface area is 82.9 Å². The first-order chi connectivity index (χ1) is 6.91. The quantitative estimate of drug-likeness (QED) is 0.722. The molecule has 6 heteroatoms. The van der Waals surface area contributed by atoms with E-state index in [0.29, 0.717) is 12.1 Å². The molecule has 15 heavy (non-hydrogen) atoms. The molecule has 1 aromatic carbocycles. The van der Waals surface area contributed by atoms with Crippen LogP contribution in [0.3, 0.4) is 0 Å². The highest BCUT2D eigenvalue weighted by Gasteiger charge is 2.15. The Morgan fingerprint density at radius 1 is 1.13 bits per heavy atom. The summed E-state index contributed by atoms with van der Waals surface area (Å²) in [5.74, 6) is -6.28. The normalized spacial score (nSPS) is 9.87. The fourth-order valence-electron chi connectivity index (χ4n) is 0.919. The zero-order valence-electron chi connectivity index (χ0n) is 7.61. The first-order valence-corrected chi connectivity index (χ1v) is 3.88. The molecule has 0 saturated heterocycles. The van der Waals surface area contributed by atoms with Crippen LogP contribution < -0.4 is 5.32 Å². The third kappa shape index (κ3) is 2.55. The molecular formula is C9H6F3NO2. The van der Waals surface area contributed by atoms with E-state index >= 15 is 0 Å². The van der Waals surface area contributed by atoms with Crippen molar-refractivity contribution in [3.8, 4) is 0 Å². The Kier molecular flexibility index (Phi) is 3.08. The van der Waals surface area contributed by atoms with Crippen LogP contribution in [0.4, 0.5) is 13.2 Å². The lowest BCUT2D eigenvalue weighted by atomic mass is 10.2. The number of rotatable bonds is 1. The van der Waals surface area contributed by atoms with Gasteiger partial charge in [0.25, 0.3) is 5.91 Å². The Morgan fingerprint density at radius 2 is 1.60 bits per heavy atom. The number of carbonyl (C=O) groups is 2. The summed E-state index contributed by atoms with van der Waals surface area (Å²) in [6.45, 7) is 1.06. The van der Waals surface area contributed by atoms with Crippen molar-refractivity contribution in [1.29, 1.82) is 0 Å². The summed E-state index contributed by atoms with van der Waals surface area (Å²) in [6.07, 6.45) is 0. The van der Waals surface area contributed by atoms with Gasteiger partial charge in [0.2, 0.25) is 5.91 Å². The number of hydrogen-bond donors (Lipinski definition) is 1. The van der Waals surface area contributed by atoms with Crippen molar-refractivity contribution in [1.82, 2.24) is 5.32 Å². The van der Waals surface area contributed by atoms with Gasteiger partial charge in [-0.3, -0.25) is 14.9 Å². The van der Waals surface area contributed by atoms with Crippen LogP contribution in [0, 0.1) is 17.5 Å². The summed E-state index contributed by atoms with van der Waals surface area (Å²) < 4.78 is 37.8. The van der Waals surface area contributed by atoms with Crippen LogP contribution in [0.15, 0.2) is 12.1 Å². The van der Waals surface area contributed by atoms with Gasteiger partial charge >= 0.3 is 0 Å². The number of nitrogens with one attached hydrogen (secondary N) is 1. The van der Waals surface area contributed by atoms with E-state index in [0.717, 1.165) is 6.92 Å². The van der Waals surface area contributed by atoms with Gasteiger partial charge in [-0.25, -0.2) is 13.2 Å². The molecule has 0 radical (unpaired) electrons. The average Bonchev–Trinajstić information content (AvgIpc) is 2.12.